The van der Waals surface area contributed by atoms with Crippen LogP contribution < -0.4 is 0 Å². The van der Waals surface area contributed by atoms with E-state index in [4.69, 9.17) is 4.42 Å². The zero-order valence-corrected chi connectivity index (χ0v) is 12.3. The second-order valence-electron chi connectivity index (χ2n) is 6.05. The molecule has 1 heterocycles. The monoisotopic (exact) mass is 287 g/mol. The average molecular weight is 287 g/mol. The number of furan rings is 1. The molecule has 1 fully saturated rings. The summed E-state index contributed by atoms with van der Waals surface area (Å²) < 4.78 is 5.77. The highest BCUT2D eigenvalue weighted by Gasteiger charge is 2.22. The van der Waals surface area contributed by atoms with E-state index >= 15 is 0 Å². The van der Waals surface area contributed by atoms with Gasteiger partial charge in [-0.1, -0.05) is 31.0 Å². The van der Waals surface area contributed by atoms with Crippen LogP contribution in [-0.4, -0.2) is 29.6 Å². The molecular weight excluding hydrogens is 266 g/mol. The summed E-state index contributed by atoms with van der Waals surface area (Å²) >= 11 is 0. The van der Waals surface area contributed by atoms with Crippen molar-refractivity contribution in [2.75, 3.05) is 13.6 Å². The molecule has 0 unspecified atom stereocenters. The quantitative estimate of drug-likeness (QED) is 0.910. The first-order valence-electron chi connectivity index (χ1n) is 7.57. The van der Waals surface area contributed by atoms with Gasteiger partial charge in [0, 0.05) is 11.9 Å². The van der Waals surface area contributed by atoms with E-state index in [1.165, 1.54) is 25.7 Å². The van der Waals surface area contributed by atoms with Crippen molar-refractivity contribution in [3.05, 3.63) is 35.6 Å². The van der Waals surface area contributed by atoms with E-state index in [-0.39, 0.29) is 0 Å². The summed E-state index contributed by atoms with van der Waals surface area (Å²) in [5.74, 6) is 0.390. The molecule has 4 heteroatoms. The number of para-hydroxylation sites is 1. The molecule has 0 radical (unpaired) electrons. The van der Waals surface area contributed by atoms with Gasteiger partial charge in [-0.2, -0.15) is 0 Å². The number of benzene rings is 1. The molecule has 1 aliphatic rings. The van der Waals surface area contributed by atoms with Crippen LogP contribution in [-0.2, 0) is 6.54 Å². The van der Waals surface area contributed by atoms with E-state index in [1.807, 2.05) is 31.3 Å². The predicted molar refractivity (Wildman–Crippen MR) is 81.5 cm³/mol. The van der Waals surface area contributed by atoms with Gasteiger partial charge in [-0.3, -0.25) is 4.90 Å². The molecule has 1 aromatic carbocycles. The summed E-state index contributed by atoms with van der Waals surface area (Å²) in [6, 6.07) is 7.34. The highest BCUT2D eigenvalue weighted by molar-refractivity contribution is 6.03. The van der Waals surface area contributed by atoms with Crippen molar-refractivity contribution in [2.24, 2.45) is 5.92 Å². The van der Waals surface area contributed by atoms with Crippen LogP contribution in [0.4, 0.5) is 0 Å². The van der Waals surface area contributed by atoms with Crippen LogP contribution in [0.25, 0.3) is 11.0 Å². The molecule has 0 aliphatic heterocycles. The zero-order valence-electron chi connectivity index (χ0n) is 12.3. The average Bonchev–Trinajstić information content (AvgIpc) is 3.04. The molecule has 4 nitrogen and oxygen atoms in total. The van der Waals surface area contributed by atoms with Crippen molar-refractivity contribution in [3.63, 3.8) is 0 Å². The molecule has 1 saturated carbocycles. The molecule has 0 saturated heterocycles. The number of rotatable bonds is 5. The minimum atomic E-state index is -0.913. The smallest absolute Gasteiger partial charge is 0.339 e. The summed E-state index contributed by atoms with van der Waals surface area (Å²) in [7, 11) is 2.04. The van der Waals surface area contributed by atoms with E-state index < -0.39 is 5.97 Å². The lowest BCUT2D eigenvalue weighted by Crippen LogP contribution is -2.24. The van der Waals surface area contributed by atoms with Crippen LogP contribution in [0.3, 0.4) is 0 Å². The van der Waals surface area contributed by atoms with Crippen molar-refractivity contribution < 1.29 is 14.3 Å². The Morgan fingerprint density at radius 3 is 2.76 bits per heavy atom. The molecule has 2 aromatic rings. The lowest BCUT2D eigenvalue weighted by molar-refractivity contribution is 0.0694. The molecule has 0 atom stereocenters. The van der Waals surface area contributed by atoms with E-state index in [9.17, 15) is 9.90 Å². The molecule has 0 bridgehead atoms. The highest BCUT2D eigenvalue weighted by Crippen LogP contribution is 2.28. The van der Waals surface area contributed by atoms with Gasteiger partial charge in [-0.15, -0.1) is 0 Å². The molecule has 0 amide bonds. The largest absolute Gasteiger partial charge is 0.478 e. The van der Waals surface area contributed by atoms with Crippen molar-refractivity contribution in [2.45, 2.75) is 32.2 Å². The number of fused-ring (bicyclic) bond motifs is 1. The van der Waals surface area contributed by atoms with Gasteiger partial charge in [-0.25, -0.2) is 4.79 Å². The maximum Gasteiger partial charge on any atom is 0.339 e. The first kappa shape index (κ1) is 14.1. The zero-order chi connectivity index (χ0) is 14.8. The van der Waals surface area contributed by atoms with E-state index in [2.05, 4.69) is 4.90 Å². The van der Waals surface area contributed by atoms with Crippen LogP contribution in [0.15, 0.2) is 28.7 Å². The Morgan fingerprint density at radius 2 is 2.05 bits per heavy atom. The lowest BCUT2D eigenvalue weighted by atomic mass is 10.1. The molecule has 112 valence electrons. The molecule has 1 aliphatic carbocycles. The number of aromatic carboxylic acids is 1. The van der Waals surface area contributed by atoms with Gasteiger partial charge >= 0.3 is 5.97 Å². The SMILES string of the molecule is CN(Cc1oc2ccccc2c1C(=O)O)CC1CCCC1. The third-order valence-corrected chi connectivity index (χ3v) is 4.34. The fourth-order valence-corrected chi connectivity index (χ4v) is 3.39. The standard InChI is InChI=1S/C17H21NO3/c1-18(10-12-6-2-3-7-12)11-15-16(17(19)20)13-8-4-5-9-14(13)21-15/h4-5,8-9,12H,2-3,6-7,10-11H2,1H3,(H,19,20). The Bertz CT molecular complexity index is 641. The van der Waals surface area contributed by atoms with Gasteiger partial charge in [0.15, 0.2) is 0 Å². The number of hydrogen-bond donors (Lipinski definition) is 1. The van der Waals surface area contributed by atoms with Crippen molar-refractivity contribution in [3.8, 4) is 0 Å². The second kappa shape index (κ2) is 5.90. The predicted octanol–water partition coefficient (Wildman–Crippen LogP) is 3.75. The number of carbonyl (C=O) groups is 1. The third kappa shape index (κ3) is 2.95. The van der Waals surface area contributed by atoms with Gasteiger partial charge in [0.1, 0.15) is 16.9 Å². The van der Waals surface area contributed by atoms with Gasteiger partial charge in [-0.05, 0) is 31.9 Å². The first-order chi connectivity index (χ1) is 10.1. The summed E-state index contributed by atoms with van der Waals surface area (Å²) in [4.78, 5) is 13.7. The Labute approximate surface area is 124 Å². The van der Waals surface area contributed by atoms with Gasteiger partial charge < -0.3 is 9.52 Å². The van der Waals surface area contributed by atoms with E-state index in [0.717, 1.165) is 12.5 Å². The minimum Gasteiger partial charge on any atom is -0.478 e. The molecule has 3 rings (SSSR count). The van der Waals surface area contributed by atoms with Gasteiger partial charge in [0.25, 0.3) is 0 Å². The van der Waals surface area contributed by atoms with Crippen LogP contribution in [0.5, 0.6) is 0 Å². The maximum absolute atomic E-state index is 11.5. The molecule has 1 N–H and O–H groups in total. The molecular formula is C17H21NO3. The fourth-order valence-electron chi connectivity index (χ4n) is 3.39. The normalized spacial score (nSPS) is 16.1. The summed E-state index contributed by atoms with van der Waals surface area (Å²) in [5, 5.41) is 10.2. The van der Waals surface area contributed by atoms with Crippen LogP contribution in [0.2, 0.25) is 0 Å². The Kier molecular flexibility index (Phi) is 3.97. The third-order valence-electron chi connectivity index (χ3n) is 4.34. The van der Waals surface area contributed by atoms with Crippen molar-refractivity contribution in [1.29, 1.82) is 0 Å². The van der Waals surface area contributed by atoms with E-state index in [0.29, 0.717) is 28.8 Å². The van der Waals surface area contributed by atoms with Crippen LogP contribution >= 0.6 is 0 Å². The number of hydrogen-bond acceptors (Lipinski definition) is 3. The summed E-state index contributed by atoms with van der Waals surface area (Å²) in [6.45, 7) is 1.56. The van der Waals surface area contributed by atoms with Crippen LogP contribution in [0, 0.1) is 5.92 Å². The lowest BCUT2D eigenvalue weighted by Gasteiger charge is -2.19. The number of carboxylic acids is 1. The fraction of sp³-hybridized carbons (Fsp3) is 0.471. The molecule has 21 heavy (non-hydrogen) atoms. The maximum atomic E-state index is 11.5. The number of nitrogens with zero attached hydrogens (tertiary/aromatic N) is 1. The Morgan fingerprint density at radius 1 is 1.33 bits per heavy atom. The minimum absolute atomic E-state index is 0.309. The first-order valence-corrected chi connectivity index (χ1v) is 7.57. The second-order valence-corrected chi connectivity index (χ2v) is 6.05. The summed E-state index contributed by atoms with van der Waals surface area (Å²) in [6.07, 6.45) is 5.22. The van der Waals surface area contributed by atoms with E-state index in [1.54, 1.807) is 0 Å². The Hall–Kier alpha value is -1.81. The topological polar surface area (TPSA) is 53.7 Å². The highest BCUT2D eigenvalue weighted by atomic mass is 16.4. The van der Waals surface area contributed by atoms with Crippen molar-refractivity contribution >= 4 is 16.9 Å². The van der Waals surface area contributed by atoms with Gasteiger partial charge in [0.05, 0.1) is 6.54 Å². The molecule has 0 spiro atoms. The number of carboxylic acid groups (broad SMARTS) is 1. The van der Waals surface area contributed by atoms with Crippen molar-refractivity contribution in [1.82, 2.24) is 4.90 Å². The summed E-state index contributed by atoms with van der Waals surface area (Å²) in [5.41, 5.74) is 0.961. The van der Waals surface area contributed by atoms with Gasteiger partial charge in [0.2, 0.25) is 0 Å². The Balaban J connectivity index is 1.82. The molecule has 1 aromatic heterocycles. The van der Waals surface area contributed by atoms with Crippen LogP contribution in [0.1, 0.15) is 41.8 Å².